The van der Waals surface area contributed by atoms with Crippen molar-refractivity contribution in [3.05, 3.63) is 59.8 Å². The first kappa shape index (κ1) is 13.7. The SMILES string of the molecule is COc1ccc(C2Nc3ccccc3-c3cc(C)nn32)c(O)c1. The fourth-order valence-corrected chi connectivity index (χ4v) is 3.05. The Labute approximate surface area is 134 Å². The number of nitrogens with zero attached hydrogens (tertiary/aromatic N) is 2. The number of rotatable bonds is 2. The molecule has 0 saturated heterocycles. The third kappa shape index (κ3) is 2.12. The molecule has 1 aliphatic rings. The highest BCUT2D eigenvalue weighted by molar-refractivity contribution is 5.78. The lowest BCUT2D eigenvalue weighted by molar-refractivity contribution is 0.404. The number of phenolic OH excluding ortho intramolecular Hbond substituents is 1. The van der Waals surface area contributed by atoms with Gasteiger partial charge in [0, 0.05) is 22.9 Å². The van der Waals surface area contributed by atoms with E-state index in [1.54, 1.807) is 13.2 Å². The van der Waals surface area contributed by atoms with Gasteiger partial charge in [-0.1, -0.05) is 18.2 Å². The molecule has 3 aromatic rings. The van der Waals surface area contributed by atoms with Crippen LogP contribution in [0.1, 0.15) is 17.4 Å². The van der Waals surface area contributed by atoms with Gasteiger partial charge in [-0.3, -0.25) is 0 Å². The van der Waals surface area contributed by atoms with Gasteiger partial charge in [0.2, 0.25) is 0 Å². The summed E-state index contributed by atoms with van der Waals surface area (Å²) in [5.74, 6) is 0.805. The Kier molecular flexibility index (Phi) is 3.01. The van der Waals surface area contributed by atoms with E-state index in [1.807, 2.05) is 41.9 Å². The highest BCUT2D eigenvalue weighted by Gasteiger charge is 2.27. The van der Waals surface area contributed by atoms with Gasteiger partial charge in [-0.2, -0.15) is 5.10 Å². The molecule has 1 aromatic heterocycles. The van der Waals surface area contributed by atoms with E-state index in [2.05, 4.69) is 22.5 Å². The summed E-state index contributed by atoms with van der Waals surface area (Å²) in [6, 6.07) is 15.5. The maximum atomic E-state index is 10.4. The summed E-state index contributed by atoms with van der Waals surface area (Å²) in [6.45, 7) is 1.97. The normalized spacial score (nSPS) is 15.5. The molecule has 0 aliphatic carbocycles. The van der Waals surface area contributed by atoms with Gasteiger partial charge in [0.15, 0.2) is 6.17 Å². The topological polar surface area (TPSA) is 59.3 Å². The molecule has 0 saturated carbocycles. The number of aryl methyl sites for hydroxylation is 1. The average molecular weight is 307 g/mol. The van der Waals surface area contributed by atoms with Crippen molar-refractivity contribution in [3.63, 3.8) is 0 Å². The number of hydrogen-bond acceptors (Lipinski definition) is 4. The lowest BCUT2D eigenvalue weighted by Crippen LogP contribution is -2.25. The van der Waals surface area contributed by atoms with E-state index in [9.17, 15) is 5.11 Å². The second kappa shape index (κ2) is 5.05. The van der Waals surface area contributed by atoms with Crippen molar-refractivity contribution < 1.29 is 9.84 Å². The van der Waals surface area contributed by atoms with Crippen LogP contribution >= 0.6 is 0 Å². The van der Waals surface area contributed by atoms with Crippen molar-refractivity contribution in [2.75, 3.05) is 12.4 Å². The molecule has 0 amide bonds. The molecule has 1 aliphatic heterocycles. The predicted octanol–water partition coefficient (Wildman–Crippen LogP) is 3.55. The number of para-hydroxylation sites is 1. The van der Waals surface area contributed by atoms with Crippen LogP contribution in [0.15, 0.2) is 48.5 Å². The van der Waals surface area contributed by atoms with Crippen LogP contribution < -0.4 is 10.1 Å². The lowest BCUT2D eigenvalue weighted by Gasteiger charge is -2.29. The molecule has 1 atom stereocenters. The monoisotopic (exact) mass is 307 g/mol. The second-order valence-corrected chi connectivity index (χ2v) is 5.63. The molecule has 4 rings (SSSR count). The van der Waals surface area contributed by atoms with Crippen molar-refractivity contribution in [2.45, 2.75) is 13.1 Å². The summed E-state index contributed by atoms with van der Waals surface area (Å²) in [5.41, 5.74) is 4.87. The number of aromatic nitrogens is 2. The Morgan fingerprint density at radius 3 is 2.78 bits per heavy atom. The van der Waals surface area contributed by atoms with Gasteiger partial charge in [-0.05, 0) is 31.2 Å². The Morgan fingerprint density at radius 1 is 1.17 bits per heavy atom. The highest BCUT2D eigenvalue weighted by Crippen LogP contribution is 2.40. The van der Waals surface area contributed by atoms with Gasteiger partial charge < -0.3 is 15.2 Å². The number of methoxy groups -OCH3 is 1. The van der Waals surface area contributed by atoms with E-state index in [4.69, 9.17) is 4.74 Å². The van der Waals surface area contributed by atoms with Crippen molar-refractivity contribution in [1.82, 2.24) is 9.78 Å². The van der Waals surface area contributed by atoms with Gasteiger partial charge in [0.1, 0.15) is 11.5 Å². The summed E-state index contributed by atoms with van der Waals surface area (Å²) in [5, 5.41) is 18.5. The summed E-state index contributed by atoms with van der Waals surface area (Å²) in [7, 11) is 1.58. The number of fused-ring (bicyclic) bond motifs is 3. The molecule has 1 unspecified atom stereocenters. The summed E-state index contributed by atoms with van der Waals surface area (Å²) < 4.78 is 7.08. The van der Waals surface area contributed by atoms with Gasteiger partial charge in [-0.15, -0.1) is 0 Å². The van der Waals surface area contributed by atoms with Crippen LogP contribution in [0.2, 0.25) is 0 Å². The minimum absolute atomic E-state index is 0.181. The molecule has 0 spiro atoms. The quantitative estimate of drug-likeness (QED) is 0.760. The van der Waals surface area contributed by atoms with E-state index in [0.717, 1.165) is 28.2 Å². The van der Waals surface area contributed by atoms with Crippen LogP contribution in [0.5, 0.6) is 11.5 Å². The van der Waals surface area contributed by atoms with Gasteiger partial charge >= 0.3 is 0 Å². The van der Waals surface area contributed by atoms with Crippen molar-refractivity contribution in [3.8, 4) is 22.8 Å². The average Bonchev–Trinajstić information content (AvgIpc) is 2.96. The number of anilines is 1. The number of nitrogens with one attached hydrogen (secondary N) is 1. The summed E-state index contributed by atoms with van der Waals surface area (Å²) in [6.07, 6.45) is -0.264. The first-order valence-corrected chi connectivity index (χ1v) is 7.46. The van der Waals surface area contributed by atoms with Gasteiger partial charge in [0.05, 0.1) is 18.5 Å². The van der Waals surface area contributed by atoms with Crippen LogP contribution in [0.3, 0.4) is 0 Å². The van der Waals surface area contributed by atoms with Gasteiger partial charge in [-0.25, -0.2) is 4.68 Å². The number of benzene rings is 2. The third-order valence-electron chi connectivity index (χ3n) is 4.13. The first-order chi connectivity index (χ1) is 11.2. The largest absolute Gasteiger partial charge is 0.507 e. The van der Waals surface area contributed by atoms with E-state index < -0.39 is 0 Å². The molecule has 2 heterocycles. The fourth-order valence-electron chi connectivity index (χ4n) is 3.05. The lowest BCUT2D eigenvalue weighted by atomic mass is 10.0. The molecule has 5 nitrogen and oxygen atoms in total. The minimum Gasteiger partial charge on any atom is -0.507 e. The van der Waals surface area contributed by atoms with E-state index in [-0.39, 0.29) is 11.9 Å². The van der Waals surface area contributed by atoms with Crippen molar-refractivity contribution >= 4 is 5.69 Å². The van der Waals surface area contributed by atoms with E-state index >= 15 is 0 Å². The van der Waals surface area contributed by atoms with Crippen LogP contribution in [0.25, 0.3) is 11.3 Å². The Morgan fingerprint density at radius 2 is 2.00 bits per heavy atom. The molecule has 116 valence electrons. The summed E-state index contributed by atoms with van der Waals surface area (Å²) in [4.78, 5) is 0. The maximum absolute atomic E-state index is 10.4. The first-order valence-electron chi connectivity index (χ1n) is 7.46. The zero-order chi connectivity index (χ0) is 16.0. The molecule has 2 N–H and O–H groups in total. The molecule has 5 heteroatoms. The summed E-state index contributed by atoms with van der Waals surface area (Å²) >= 11 is 0. The number of ether oxygens (including phenoxy) is 1. The molecule has 2 aromatic carbocycles. The Bertz CT molecular complexity index is 886. The predicted molar refractivity (Wildman–Crippen MR) is 88.8 cm³/mol. The number of aromatic hydroxyl groups is 1. The third-order valence-corrected chi connectivity index (χ3v) is 4.13. The van der Waals surface area contributed by atoms with E-state index in [0.29, 0.717) is 5.75 Å². The number of hydrogen-bond donors (Lipinski definition) is 2. The zero-order valence-electron chi connectivity index (χ0n) is 12.9. The van der Waals surface area contributed by atoms with Crippen molar-refractivity contribution in [1.29, 1.82) is 0 Å². The molecule has 0 bridgehead atoms. The van der Waals surface area contributed by atoms with Crippen molar-refractivity contribution in [2.24, 2.45) is 0 Å². The number of phenols is 1. The smallest absolute Gasteiger partial charge is 0.150 e. The van der Waals surface area contributed by atoms with E-state index in [1.165, 1.54) is 0 Å². The molecular weight excluding hydrogens is 290 g/mol. The molecule has 0 fully saturated rings. The highest BCUT2D eigenvalue weighted by atomic mass is 16.5. The zero-order valence-corrected chi connectivity index (χ0v) is 12.9. The van der Waals surface area contributed by atoms with Crippen LogP contribution in [0.4, 0.5) is 5.69 Å². The fraction of sp³-hybridized carbons (Fsp3) is 0.167. The van der Waals surface area contributed by atoms with Crippen LogP contribution in [0, 0.1) is 6.92 Å². The second-order valence-electron chi connectivity index (χ2n) is 5.63. The Balaban J connectivity index is 1.88. The Hall–Kier alpha value is -2.95. The standard InChI is InChI=1S/C18H17N3O2/c1-11-9-16-13-5-3-4-6-15(13)19-18(21(16)20-11)14-8-7-12(23-2)10-17(14)22/h3-10,18-19,22H,1-2H3. The van der Waals surface area contributed by atoms with Gasteiger partial charge in [0.25, 0.3) is 0 Å². The molecule has 23 heavy (non-hydrogen) atoms. The maximum Gasteiger partial charge on any atom is 0.150 e. The molecule has 0 radical (unpaired) electrons. The van der Waals surface area contributed by atoms with Crippen LogP contribution in [-0.2, 0) is 0 Å². The minimum atomic E-state index is -0.264. The van der Waals surface area contributed by atoms with Crippen LogP contribution in [-0.4, -0.2) is 22.0 Å². The molecular formula is C18H17N3O2.